The molecule has 0 saturated carbocycles. The Bertz CT molecular complexity index is 564. The molecule has 1 atom stereocenters. The van der Waals surface area contributed by atoms with Gasteiger partial charge in [-0.05, 0) is 22.4 Å². The molecule has 5 heteroatoms. The van der Waals surface area contributed by atoms with Crippen molar-refractivity contribution in [1.82, 2.24) is 0 Å². The highest BCUT2D eigenvalue weighted by atomic mass is 31.2. The molecular formula is C11H10FO3P. The third kappa shape index (κ3) is 2.14. The summed E-state index contributed by atoms with van der Waals surface area (Å²) in [5.74, 6) is -2.25. The maximum atomic E-state index is 13.4. The molecule has 0 bridgehead atoms. The number of benzene rings is 2. The van der Waals surface area contributed by atoms with Crippen LogP contribution in [0.2, 0.25) is 0 Å². The predicted octanol–water partition coefficient (Wildman–Crippen LogP) is 2.99. The van der Waals surface area contributed by atoms with Crippen molar-refractivity contribution in [3.05, 3.63) is 48.0 Å². The highest BCUT2D eigenvalue weighted by Gasteiger charge is 2.30. The van der Waals surface area contributed by atoms with Crippen LogP contribution < -0.4 is 0 Å². The lowest BCUT2D eigenvalue weighted by Crippen LogP contribution is -1.92. The second kappa shape index (κ2) is 3.98. The zero-order valence-electron chi connectivity index (χ0n) is 8.25. The molecule has 2 rings (SSSR count). The first-order valence-electron chi connectivity index (χ1n) is 4.66. The highest BCUT2D eigenvalue weighted by Crippen LogP contribution is 2.52. The highest BCUT2D eigenvalue weighted by molar-refractivity contribution is 7.51. The average molecular weight is 240 g/mol. The van der Waals surface area contributed by atoms with Gasteiger partial charge in [0.25, 0.3) is 0 Å². The van der Waals surface area contributed by atoms with Crippen LogP contribution in [0.25, 0.3) is 10.8 Å². The van der Waals surface area contributed by atoms with E-state index in [1.807, 2.05) is 12.1 Å². The molecule has 84 valence electrons. The first-order chi connectivity index (χ1) is 7.48. The van der Waals surface area contributed by atoms with E-state index in [9.17, 15) is 8.96 Å². The molecule has 0 aliphatic carbocycles. The zero-order chi connectivity index (χ0) is 11.8. The third-order valence-corrected chi connectivity index (χ3v) is 3.23. The van der Waals surface area contributed by atoms with Gasteiger partial charge in [-0.15, -0.1) is 0 Å². The lowest BCUT2D eigenvalue weighted by molar-refractivity contribution is 0.303. The standard InChI is InChI=1S/C11H10FO3P/c12-11(16(13,14)15)10-6-5-8-3-1-2-4-9(8)7-10/h1-7,11H,(H2,13,14,15)/t11-/m1/s1. The Morgan fingerprint density at radius 1 is 1.06 bits per heavy atom. The van der Waals surface area contributed by atoms with Gasteiger partial charge in [-0.3, -0.25) is 4.57 Å². The van der Waals surface area contributed by atoms with Gasteiger partial charge in [-0.1, -0.05) is 36.4 Å². The van der Waals surface area contributed by atoms with Gasteiger partial charge in [0, 0.05) is 0 Å². The number of hydrogen-bond acceptors (Lipinski definition) is 1. The lowest BCUT2D eigenvalue weighted by Gasteiger charge is -2.10. The number of fused-ring (bicyclic) bond motifs is 1. The number of rotatable bonds is 2. The van der Waals surface area contributed by atoms with E-state index in [-0.39, 0.29) is 5.56 Å². The van der Waals surface area contributed by atoms with E-state index in [0.29, 0.717) is 0 Å². The van der Waals surface area contributed by atoms with Crippen molar-refractivity contribution in [2.45, 2.75) is 5.91 Å². The van der Waals surface area contributed by atoms with E-state index in [1.165, 1.54) is 12.1 Å². The van der Waals surface area contributed by atoms with Crippen LogP contribution in [0.5, 0.6) is 0 Å². The lowest BCUT2D eigenvalue weighted by atomic mass is 10.1. The van der Waals surface area contributed by atoms with Crippen LogP contribution in [0.1, 0.15) is 11.5 Å². The molecule has 0 aliphatic rings. The monoisotopic (exact) mass is 240 g/mol. The van der Waals surface area contributed by atoms with Gasteiger partial charge >= 0.3 is 7.60 Å². The molecule has 0 aliphatic heterocycles. The predicted molar refractivity (Wildman–Crippen MR) is 59.8 cm³/mol. The Morgan fingerprint density at radius 3 is 2.31 bits per heavy atom. The normalized spacial score (nSPS) is 13.9. The van der Waals surface area contributed by atoms with Crippen molar-refractivity contribution < 1.29 is 18.7 Å². The summed E-state index contributed by atoms with van der Waals surface area (Å²) in [5, 5.41) is 1.67. The van der Waals surface area contributed by atoms with Crippen LogP contribution in [0, 0.1) is 0 Å². The Kier molecular flexibility index (Phi) is 2.80. The van der Waals surface area contributed by atoms with Crippen LogP contribution >= 0.6 is 7.60 Å². The molecule has 3 nitrogen and oxygen atoms in total. The molecule has 0 aromatic heterocycles. The smallest absolute Gasteiger partial charge is 0.322 e. The molecule has 16 heavy (non-hydrogen) atoms. The fourth-order valence-corrected chi connectivity index (χ4v) is 2.10. The molecular weight excluding hydrogens is 230 g/mol. The minimum atomic E-state index is -4.72. The van der Waals surface area contributed by atoms with Crippen molar-refractivity contribution in [3.8, 4) is 0 Å². The Hall–Kier alpha value is -1.22. The minimum Gasteiger partial charge on any atom is -0.322 e. The molecule has 0 heterocycles. The molecule has 2 aromatic carbocycles. The fraction of sp³-hybridized carbons (Fsp3) is 0.0909. The first-order valence-corrected chi connectivity index (χ1v) is 6.34. The second-order valence-corrected chi connectivity index (χ2v) is 5.16. The van der Waals surface area contributed by atoms with Crippen LogP contribution in [0.3, 0.4) is 0 Å². The van der Waals surface area contributed by atoms with Crippen molar-refractivity contribution >= 4 is 18.4 Å². The Balaban J connectivity index is 2.51. The molecule has 2 aromatic rings. The van der Waals surface area contributed by atoms with E-state index in [1.54, 1.807) is 18.2 Å². The largest absolute Gasteiger partial charge is 0.363 e. The summed E-state index contributed by atoms with van der Waals surface area (Å²) in [7, 11) is -4.72. The summed E-state index contributed by atoms with van der Waals surface area (Å²) in [5.41, 5.74) is 0.00651. The van der Waals surface area contributed by atoms with Gasteiger partial charge in [0.05, 0.1) is 0 Å². The average Bonchev–Trinajstić information content (AvgIpc) is 2.26. The van der Waals surface area contributed by atoms with Crippen LogP contribution in [-0.4, -0.2) is 9.79 Å². The van der Waals surface area contributed by atoms with E-state index in [0.717, 1.165) is 10.8 Å². The summed E-state index contributed by atoms with van der Waals surface area (Å²) in [4.78, 5) is 17.5. The molecule has 0 saturated heterocycles. The SMILES string of the molecule is O=P(O)(O)[C@@H](F)c1ccc2ccccc2c1. The number of halogens is 1. The summed E-state index contributed by atoms with van der Waals surface area (Å²) >= 11 is 0. The second-order valence-electron chi connectivity index (χ2n) is 3.53. The van der Waals surface area contributed by atoms with Crippen molar-refractivity contribution in [1.29, 1.82) is 0 Å². The Morgan fingerprint density at radius 2 is 1.69 bits per heavy atom. The van der Waals surface area contributed by atoms with Gasteiger partial charge in [0.1, 0.15) is 0 Å². The summed E-state index contributed by atoms with van der Waals surface area (Å²) in [6.07, 6.45) is 0. The summed E-state index contributed by atoms with van der Waals surface area (Å²) in [6, 6.07) is 11.8. The van der Waals surface area contributed by atoms with Crippen LogP contribution in [-0.2, 0) is 4.57 Å². The molecule has 0 radical (unpaired) electrons. The van der Waals surface area contributed by atoms with Crippen molar-refractivity contribution in [3.63, 3.8) is 0 Å². The van der Waals surface area contributed by atoms with E-state index in [4.69, 9.17) is 9.79 Å². The molecule has 0 fully saturated rings. The maximum Gasteiger partial charge on any atom is 0.363 e. The third-order valence-electron chi connectivity index (χ3n) is 2.34. The number of hydrogen-bond donors (Lipinski definition) is 2. The van der Waals surface area contributed by atoms with Gasteiger partial charge in [0.15, 0.2) is 0 Å². The maximum absolute atomic E-state index is 13.4. The Labute approximate surface area is 91.7 Å². The fourth-order valence-electron chi connectivity index (χ4n) is 1.55. The van der Waals surface area contributed by atoms with Crippen molar-refractivity contribution in [2.24, 2.45) is 0 Å². The molecule has 0 spiro atoms. The van der Waals surface area contributed by atoms with Crippen LogP contribution in [0.4, 0.5) is 4.39 Å². The van der Waals surface area contributed by atoms with Crippen molar-refractivity contribution in [2.75, 3.05) is 0 Å². The molecule has 0 amide bonds. The van der Waals surface area contributed by atoms with E-state index < -0.39 is 13.5 Å². The summed E-state index contributed by atoms with van der Waals surface area (Å²) < 4.78 is 24.2. The van der Waals surface area contributed by atoms with Gasteiger partial charge in [0.2, 0.25) is 5.91 Å². The number of alkyl halides is 1. The van der Waals surface area contributed by atoms with Gasteiger partial charge in [-0.25, -0.2) is 4.39 Å². The zero-order valence-corrected chi connectivity index (χ0v) is 9.14. The minimum absolute atomic E-state index is 0.00651. The first kappa shape index (κ1) is 11.3. The quantitative estimate of drug-likeness (QED) is 0.793. The van der Waals surface area contributed by atoms with Gasteiger partial charge in [-0.2, -0.15) is 0 Å². The van der Waals surface area contributed by atoms with E-state index in [2.05, 4.69) is 0 Å². The topological polar surface area (TPSA) is 57.5 Å². The summed E-state index contributed by atoms with van der Waals surface area (Å²) in [6.45, 7) is 0. The molecule has 0 unspecified atom stereocenters. The van der Waals surface area contributed by atoms with E-state index >= 15 is 0 Å². The molecule has 2 N–H and O–H groups in total. The van der Waals surface area contributed by atoms with Crippen LogP contribution in [0.15, 0.2) is 42.5 Å². The van der Waals surface area contributed by atoms with Gasteiger partial charge < -0.3 is 9.79 Å².